The number of nitrogens with zero attached hydrogens (tertiary/aromatic N) is 5. The first-order valence-corrected chi connectivity index (χ1v) is 9.82. The highest BCUT2D eigenvalue weighted by molar-refractivity contribution is 9.10. The number of benzene rings is 2. The number of thiazole rings is 1. The lowest BCUT2D eigenvalue weighted by molar-refractivity contribution is 0.458. The van der Waals surface area contributed by atoms with Gasteiger partial charge in [0, 0.05) is 8.95 Å². The molecule has 3 rings (SSSR count). The molecule has 27 heavy (non-hydrogen) atoms. The number of hydrogen-bond acceptors (Lipinski definition) is 8. The van der Waals surface area contributed by atoms with E-state index in [4.69, 9.17) is 0 Å². The summed E-state index contributed by atoms with van der Waals surface area (Å²) in [7, 11) is 0. The van der Waals surface area contributed by atoms with Crippen molar-refractivity contribution >= 4 is 65.3 Å². The van der Waals surface area contributed by atoms with Crippen LogP contribution in [0.1, 0.15) is 5.01 Å². The first-order chi connectivity index (χ1) is 13.0. The van der Waals surface area contributed by atoms with Crippen LogP contribution < -0.4 is 5.43 Å². The van der Waals surface area contributed by atoms with E-state index in [1.807, 2.05) is 30.3 Å². The van der Waals surface area contributed by atoms with Gasteiger partial charge in [-0.15, -0.1) is 10.2 Å². The number of hydrazone groups is 1. The Morgan fingerprint density at radius 3 is 2.30 bits per heavy atom. The van der Waals surface area contributed by atoms with Crippen LogP contribution in [0.25, 0.3) is 0 Å². The molecule has 2 N–H and O–H groups in total. The van der Waals surface area contributed by atoms with Crippen LogP contribution in [0.2, 0.25) is 0 Å². The molecule has 0 aliphatic carbocycles. The molecule has 0 fully saturated rings. The van der Waals surface area contributed by atoms with Crippen molar-refractivity contribution in [1.29, 1.82) is 5.26 Å². The number of anilines is 1. The number of nitriles is 1. The highest BCUT2D eigenvalue weighted by Gasteiger charge is 2.15. The minimum Gasteiger partial charge on any atom is -0.491 e. The van der Waals surface area contributed by atoms with Crippen molar-refractivity contribution in [2.45, 2.75) is 0 Å². The van der Waals surface area contributed by atoms with Crippen LogP contribution in [-0.4, -0.2) is 15.8 Å². The lowest BCUT2D eigenvalue weighted by Gasteiger charge is -2.00. The second-order valence-corrected chi connectivity index (χ2v) is 7.82. The highest BCUT2D eigenvalue weighted by Crippen LogP contribution is 2.34. The number of azo groups is 1. The van der Waals surface area contributed by atoms with Gasteiger partial charge in [0.2, 0.25) is 5.00 Å². The average Bonchev–Trinajstić information content (AvgIpc) is 3.04. The summed E-state index contributed by atoms with van der Waals surface area (Å²) in [4.78, 5) is 3.95. The fourth-order valence-electron chi connectivity index (χ4n) is 1.85. The van der Waals surface area contributed by atoms with Crippen LogP contribution in [0.15, 0.2) is 72.8 Å². The summed E-state index contributed by atoms with van der Waals surface area (Å²) in [5.41, 5.74) is 4.15. The molecule has 0 saturated carbocycles. The van der Waals surface area contributed by atoms with Gasteiger partial charge in [0.25, 0.3) is 5.88 Å². The van der Waals surface area contributed by atoms with Crippen molar-refractivity contribution in [3.63, 3.8) is 0 Å². The molecule has 1 heterocycles. The smallest absolute Gasteiger partial charge is 0.251 e. The summed E-state index contributed by atoms with van der Waals surface area (Å²) in [5.74, 6) is -0.303. The quantitative estimate of drug-likeness (QED) is 0.247. The molecule has 0 amide bonds. The maximum atomic E-state index is 9.96. The van der Waals surface area contributed by atoms with Gasteiger partial charge >= 0.3 is 0 Å². The summed E-state index contributed by atoms with van der Waals surface area (Å²) < 4.78 is 1.86. The van der Waals surface area contributed by atoms with E-state index in [-0.39, 0.29) is 21.6 Å². The summed E-state index contributed by atoms with van der Waals surface area (Å²) in [6.07, 6.45) is 0. The van der Waals surface area contributed by atoms with E-state index in [1.165, 1.54) is 0 Å². The third kappa shape index (κ3) is 5.19. The molecular formula is C17H10Br2N6OS. The summed E-state index contributed by atoms with van der Waals surface area (Å²) >= 11 is 7.71. The number of nitrogens with one attached hydrogen (secondary N) is 1. The van der Waals surface area contributed by atoms with Crippen LogP contribution in [0.3, 0.4) is 0 Å². The lowest BCUT2D eigenvalue weighted by atomic mass is 10.3. The molecular weight excluding hydrogens is 496 g/mol. The predicted octanol–water partition coefficient (Wildman–Crippen LogP) is 6.13. The van der Waals surface area contributed by atoms with Crippen molar-refractivity contribution in [2.24, 2.45) is 15.3 Å². The SMILES string of the molecule is N#CC(=NNc1ccc(Br)cc1)c1nc(O)c(N=Nc2ccc(Br)cc2)s1. The van der Waals surface area contributed by atoms with Crippen LogP contribution in [0.5, 0.6) is 5.88 Å². The lowest BCUT2D eigenvalue weighted by Crippen LogP contribution is -2.01. The molecule has 2 aromatic carbocycles. The molecule has 1 aromatic heterocycles. The fourth-order valence-corrected chi connectivity index (χ4v) is 3.10. The van der Waals surface area contributed by atoms with Gasteiger partial charge in [-0.05, 0) is 48.5 Å². The average molecular weight is 506 g/mol. The summed E-state index contributed by atoms with van der Waals surface area (Å²) in [6, 6.07) is 16.5. The van der Waals surface area contributed by atoms with Gasteiger partial charge in [-0.3, -0.25) is 5.43 Å². The van der Waals surface area contributed by atoms with E-state index in [1.54, 1.807) is 24.3 Å². The molecule has 3 aromatic rings. The summed E-state index contributed by atoms with van der Waals surface area (Å²) in [5, 5.41) is 31.8. The molecule has 10 heteroatoms. The Balaban J connectivity index is 1.78. The van der Waals surface area contributed by atoms with Crippen LogP contribution in [0.4, 0.5) is 16.4 Å². The van der Waals surface area contributed by atoms with E-state index < -0.39 is 0 Å². The molecule has 0 saturated heterocycles. The second kappa shape index (κ2) is 8.85. The fraction of sp³-hybridized carbons (Fsp3) is 0. The van der Waals surface area contributed by atoms with Gasteiger partial charge in [-0.1, -0.05) is 43.2 Å². The van der Waals surface area contributed by atoms with Gasteiger partial charge in [0.05, 0.1) is 11.4 Å². The highest BCUT2D eigenvalue weighted by atomic mass is 79.9. The van der Waals surface area contributed by atoms with Crippen molar-refractivity contribution < 1.29 is 5.11 Å². The van der Waals surface area contributed by atoms with Crippen molar-refractivity contribution in [3.05, 3.63) is 62.5 Å². The van der Waals surface area contributed by atoms with E-state index in [9.17, 15) is 10.4 Å². The minimum absolute atomic E-state index is 0.0308. The maximum absolute atomic E-state index is 9.96. The topological polar surface area (TPSA) is 106 Å². The van der Waals surface area contributed by atoms with Gasteiger partial charge in [0.15, 0.2) is 10.7 Å². The zero-order chi connectivity index (χ0) is 19.2. The maximum Gasteiger partial charge on any atom is 0.251 e. The number of rotatable bonds is 5. The van der Waals surface area contributed by atoms with E-state index in [0.29, 0.717) is 11.4 Å². The van der Waals surface area contributed by atoms with E-state index >= 15 is 0 Å². The van der Waals surface area contributed by atoms with E-state index in [2.05, 4.69) is 57.6 Å². The normalized spacial score (nSPS) is 11.5. The number of halogens is 2. The Kier molecular flexibility index (Phi) is 6.28. The molecule has 0 spiro atoms. The van der Waals surface area contributed by atoms with Gasteiger partial charge < -0.3 is 5.11 Å². The Bertz CT molecular complexity index is 1040. The minimum atomic E-state index is -0.303. The number of hydrogen-bond donors (Lipinski definition) is 2. The monoisotopic (exact) mass is 504 g/mol. The molecule has 0 radical (unpaired) electrons. The molecule has 0 aliphatic rings. The first-order valence-electron chi connectivity index (χ1n) is 7.42. The van der Waals surface area contributed by atoms with Crippen LogP contribution in [0, 0.1) is 11.3 Å². The van der Waals surface area contributed by atoms with Gasteiger partial charge in [-0.25, -0.2) is 0 Å². The standard InChI is InChI=1S/C17H10Br2N6OS/c18-10-1-5-12(6-2-10)22-24-14(9-20)16-21-15(26)17(27-16)25-23-13-7-3-11(19)4-8-13/h1-8,22,26H. The van der Waals surface area contributed by atoms with Crippen molar-refractivity contribution in [3.8, 4) is 11.9 Å². The Labute approximate surface area is 175 Å². The number of aromatic hydroxyl groups is 1. The third-order valence-corrected chi connectivity index (χ3v) is 5.12. The van der Waals surface area contributed by atoms with Crippen LogP contribution >= 0.6 is 43.2 Å². The Morgan fingerprint density at radius 1 is 1.04 bits per heavy atom. The van der Waals surface area contributed by atoms with Crippen molar-refractivity contribution in [1.82, 2.24) is 4.98 Å². The largest absolute Gasteiger partial charge is 0.491 e. The molecule has 0 unspecified atom stereocenters. The third-order valence-electron chi connectivity index (χ3n) is 3.12. The first kappa shape index (κ1) is 19.2. The molecule has 0 aliphatic heterocycles. The van der Waals surface area contributed by atoms with E-state index in [0.717, 1.165) is 20.3 Å². The molecule has 0 atom stereocenters. The second-order valence-electron chi connectivity index (χ2n) is 5.02. The Hall–Kier alpha value is -2.61. The zero-order valence-electron chi connectivity index (χ0n) is 13.5. The van der Waals surface area contributed by atoms with Crippen molar-refractivity contribution in [2.75, 3.05) is 5.43 Å². The zero-order valence-corrected chi connectivity index (χ0v) is 17.5. The molecule has 134 valence electrons. The molecule has 0 bridgehead atoms. The Morgan fingerprint density at radius 2 is 1.67 bits per heavy atom. The number of aromatic nitrogens is 1. The molecule has 7 nitrogen and oxygen atoms in total. The van der Waals surface area contributed by atoms with Gasteiger partial charge in [-0.2, -0.15) is 15.3 Å². The van der Waals surface area contributed by atoms with Crippen LogP contribution in [-0.2, 0) is 0 Å². The van der Waals surface area contributed by atoms with Gasteiger partial charge in [0.1, 0.15) is 6.07 Å². The predicted molar refractivity (Wildman–Crippen MR) is 112 cm³/mol. The summed E-state index contributed by atoms with van der Waals surface area (Å²) in [6.45, 7) is 0.